The van der Waals surface area contributed by atoms with Crippen LogP contribution in [0.2, 0.25) is 0 Å². The Hall–Kier alpha value is -2.17. The van der Waals surface area contributed by atoms with Crippen LogP contribution in [0.4, 0.5) is 15.6 Å². The summed E-state index contributed by atoms with van der Waals surface area (Å²) < 4.78 is 31.7. The predicted octanol–water partition coefficient (Wildman–Crippen LogP) is 3.80. The lowest BCUT2D eigenvalue weighted by molar-refractivity contribution is 0.256. The number of nitrogens with zero attached hydrogens (tertiary/aromatic N) is 3. The van der Waals surface area contributed by atoms with Gasteiger partial charge in [-0.1, -0.05) is 25.2 Å². The molecule has 1 aromatic heterocycles. The van der Waals surface area contributed by atoms with Gasteiger partial charge in [-0.05, 0) is 44.0 Å². The Morgan fingerprint density at radius 2 is 1.86 bits per heavy atom. The van der Waals surface area contributed by atoms with Crippen LogP contribution < -0.4 is 15.0 Å². The maximum atomic E-state index is 13.0. The smallest absolute Gasteiger partial charge is 0.328 e. The molecular formula is C19H28N4O4S2. The molecule has 10 heteroatoms. The molecule has 0 saturated carbocycles. The number of benzene rings is 1. The van der Waals surface area contributed by atoms with Crippen molar-refractivity contribution < 1.29 is 17.9 Å². The molecule has 0 atom stereocenters. The molecular weight excluding hydrogens is 412 g/mol. The van der Waals surface area contributed by atoms with E-state index in [1.807, 2.05) is 20.8 Å². The number of amides is 2. The number of hydrogen-bond acceptors (Lipinski definition) is 6. The minimum absolute atomic E-state index is 0.139. The van der Waals surface area contributed by atoms with Crippen LogP contribution in [0.25, 0.3) is 0 Å². The monoisotopic (exact) mass is 440 g/mol. The van der Waals surface area contributed by atoms with Crippen molar-refractivity contribution in [3.8, 4) is 5.75 Å². The number of thiazole rings is 1. The van der Waals surface area contributed by atoms with Crippen LogP contribution in [0.5, 0.6) is 5.75 Å². The number of carbonyl (C=O) groups is 1. The van der Waals surface area contributed by atoms with E-state index in [0.717, 1.165) is 21.4 Å². The number of carbonyl (C=O) groups excluding carboxylic acids is 1. The molecule has 1 heterocycles. The Kier molecular flexibility index (Phi) is 7.61. The van der Waals surface area contributed by atoms with E-state index in [1.54, 1.807) is 31.2 Å². The summed E-state index contributed by atoms with van der Waals surface area (Å²) >= 11 is 0.997. The van der Waals surface area contributed by atoms with E-state index in [9.17, 15) is 13.2 Å². The van der Waals surface area contributed by atoms with Crippen molar-refractivity contribution in [2.75, 3.05) is 37.5 Å². The third-order valence-corrected chi connectivity index (χ3v) is 7.48. The van der Waals surface area contributed by atoms with E-state index in [1.165, 1.54) is 19.0 Å². The van der Waals surface area contributed by atoms with Crippen molar-refractivity contribution in [2.45, 2.75) is 31.9 Å². The number of anilines is 2. The lowest BCUT2D eigenvalue weighted by atomic mass is 10.2. The second kappa shape index (κ2) is 9.55. The average Bonchev–Trinajstić information content (AvgIpc) is 3.03. The molecule has 1 N–H and O–H groups in total. The Morgan fingerprint density at radius 1 is 1.24 bits per heavy atom. The number of sulfonamides is 1. The van der Waals surface area contributed by atoms with Crippen molar-refractivity contribution in [1.29, 1.82) is 0 Å². The van der Waals surface area contributed by atoms with Gasteiger partial charge in [0.25, 0.3) is 10.0 Å². The summed E-state index contributed by atoms with van der Waals surface area (Å²) in [5, 5.41) is 3.19. The molecule has 0 aliphatic heterocycles. The Bertz CT molecular complexity index is 938. The van der Waals surface area contributed by atoms with Crippen LogP contribution in [-0.2, 0) is 10.0 Å². The second-order valence-corrected chi connectivity index (χ2v) is 10.4. The average molecular weight is 441 g/mol. The summed E-state index contributed by atoms with van der Waals surface area (Å²) in [5.74, 6) is 0.887. The zero-order valence-electron chi connectivity index (χ0n) is 17.6. The molecule has 0 radical (unpaired) electrons. The van der Waals surface area contributed by atoms with Gasteiger partial charge in [0.15, 0.2) is 9.34 Å². The Labute approximate surface area is 176 Å². The summed E-state index contributed by atoms with van der Waals surface area (Å²) in [6, 6.07) is 6.70. The SMILES string of the molecule is CCOc1ccc(NC(=O)N(CC(C)C)c2nc(C)c(S(=O)(=O)N(C)C)s2)cc1. The first kappa shape index (κ1) is 23.1. The molecule has 0 saturated heterocycles. The topological polar surface area (TPSA) is 91.8 Å². The highest BCUT2D eigenvalue weighted by atomic mass is 32.2. The summed E-state index contributed by atoms with van der Waals surface area (Å²) in [6.07, 6.45) is 0. The minimum atomic E-state index is -3.63. The number of urea groups is 1. The van der Waals surface area contributed by atoms with Gasteiger partial charge >= 0.3 is 6.03 Å². The molecule has 0 fully saturated rings. The number of nitrogens with one attached hydrogen (secondary N) is 1. The third-order valence-electron chi connectivity index (χ3n) is 3.90. The normalized spacial score (nSPS) is 11.7. The number of aromatic nitrogens is 1. The van der Waals surface area contributed by atoms with Gasteiger partial charge in [0.2, 0.25) is 0 Å². The van der Waals surface area contributed by atoms with E-state index in [4.69, 9.17) is 4.74 Å². The van der Waals surface area contributed by atoms with Crippen LogP contribution in [0.15, 0.2) is 28.5 Å². The molecule has 0 spiro atoms. The van der Waals surface area contributed by atoms with E-state index in [-0.39, 0.29) is 16.2 Å². The summed E-state index contributed by atoms with van der Waals surface area (Å²) in [6.45, 7) is 8.46. The molecule has 8 nitrogen and oxygen atoms in total. The van der Waals surface area contributed by atoms with Crippen LogP contribution in [0.3, 0.4) is 0 Å². The van der Waals surface area contributed by atoms with E-state index in [2.05, 4.69) is 10.3 Å². The van der Waals surface area contributed by atoms with Crippen molar-refractivity contribution in [3.05, 3.63) is 30.0 Å². The zero-order valence-corrected chi connectivity index (χ0v) is 19.2. The minimum Gasteiger partial charge on any atom is -0.494 e. The molecule has 2 aromatic rings. The van der Waals surface area contributed by atoms with Crippen molar-refractivity contribution in [2.24, 2.45) is 5.92 Å². The van der Waals surface area contributed by atoms with Crippen LogP contribution in [0.1, 0.15) is 26.5 Å². The molecule has 29 heavy (non-hydrogen) atoms. The quantitative estimate of drug-likeness (QED) is 0.674. The van der Waals surface area contributed by atoms with E-state index >= 15 is 0 Å². The van der Waals surface area contributed by atoms with Gasteiger partial charge < -0.3 is 10.1 Å². The summed E-state index contributed by atoms with van der Waals surface area (Å²) in [5.41, 5.74) is 0.989. The fraction of sp³-hybridized carbons (Fsp3) is 0.474. The first-order valence-electron chi connectivity index (χ1n) is 9.27. The highest BCUT2D eigenvalue weighted by Gasteiger charge is 2.28. The van der Waals surface area contributed by atoms with Gasteiger partial charge in [-0.25, -0.2) is 22.5 Å². The van der Waals surface area contributed by atoms with Gasteiger partial charge in [-0.2, -0.15) is 0 Å². The zero-order chi connectivity index (χ0) is 21.8. The Balaban J connectivity index is 2.30. The molecule has 2 rings (SSSR count). The fourth-order valence-electron chi connectivity index (χ4n) is 2.49. The molecule has 0 aliphatic carbocycles. The van der Waals surface area contributed by atoms with Crippen LogP contribution >= 0.6 is 11.3 Å². The highest BCUT2D eigenvalue weighted by Crippen LogP contribution is 2.32. The van der Waals surface area contributed by atoms with Crippen molar-refractivity contribution in [3.63, 3.8) is 0 Å². The Morgan fingerprint density at radius 3 is 2.38 bits per heavy atom. The van der Waals surface area contributed by atoms with Crippen molar-refractivity contribution >= 4 is 38.2 Å². The van der Waals surface area contributed by atoms with E-state index in [0.29, 0.717) is 29.7 Å². The number of hydrogen-bond donors (Lipinski definition) is 1. The molecule has 0 aliphatic rings. The van der Waals surface area contributed by atoms with Gasteiger partial charge in [0.05, 0.1) is 12.3 Å². The molecule has 0 unspecified atom stereocenters. The molecule has 160 valence electrons. The molecule has 1 aromatic carbocycles. The lowest BCUT2D eigenvalue weighted by Gasteiger charge is -2.22. The molecule has 2 amide bonds. The summed E-state index contributed by atoms with van der Waals surface area (Å²) in [7, 11) is -0.685. The lowest BCUT2D eigenvalue weighted by Crippen LogP contribution is -2.37. The van der Waals surface area contributed by atoms with Crippen LogP contribution in [-0.4, -0.2) is 51.0 Å². The van der Waals surface area contributed by atoms with Gasteiger partial charge in [0, 0.05) is 26.3 Å². The predicted molar refractivity (Wildman–Crippen MR) is 117 cm³/mol. The maximum absolute atomic E-state index is 13.0. The first-order chi connectivity index (χ1) is 13.6. The standard InChI is InChI=1S/C19H28N4O4S2/c1-7-27-16-10-8-15(9-11-16)21-18(24)23(12-13(2)3)19-20-14(4)17(28-19)29(25,26)22(5)6/h8-11,13H,7,12H2,1-6H3,(H,21,24). The second-order valence-electron chi connectivity index (χ2n) is 7.05. The number of rotatable bonds is 8. The summed E-state index contributed by atoms with van der Waals surface area (Å²) in [4.78, 5) is 18.8. The number of ether oxygens (including phenoxy) is 1. The van der Waals surface area contributed by atoms with E-state index < -0.39 is 10.0 Å². The van der Waals surface area contributed by atoms with Crippen LogP contribution in [0, 0.1) is 12.8 Å². The largest absolute Gasteiger partial charge is 0.494 e. The van der Waals surface area contributed by atoms with Gasteiger partial charge in [-0.15, -0.1) is 0 Å². The number of aryl methyl sites for hydroxylation is 1. The van der Waals surface area contributed by atoms with Gasteiger partial charge in [0.1, 0.15) is 5.75 Å². The third kappa shape index (κ3) is 5.68. The maximum Gasteiger partial charge on any atom is 0.328 e. The fourth-order valence-corrected chi connectivity index (χ4v) is 5.15. The first-order valence-corrected chi connectivity index (χ1v) is 11.5. The molecule has 0 bridgehead atoms. The van der Waals surface area contributed by atoms with Crippen molar-refractivity contribution in [1.82, 2.24) is 9.29 Å². The highest BCUT2D eigenvalue weighted by molar-refractivity contribution is 7.91. The van der Waals surface area contributed by atoms with Gasteiger partial charge in [-0.3, -0.25) is 4.90 Å².